The second-order valence-corrected chi connectivity index (χ2v) is 6.78. The van der Waals surface area contributed by atoms with Crippen LogP contribution in [0.4, 0.5) is 5.69 Å². The second kappa shape index (κ2) is 4.30. The van der Waals surface area contributed by atoms with Crippen molar-refractivity contribution in [2.24, 2.45) is 0 Å². The quantitative estimate of drug-likeness (QED) is 0.648. The SMILES string of the molecule is CS(=O)(=O)c1cnn(-c2ccc(N)cc2I)c1. The highest BCUT2D eigenvalue weighted by atomic mass is 127. The summed E-state index contributed by atoms with van der Waals surface area (Å²) in [5.41, 5.74) is 7.11. The first-order chi connectivity index (χ1) is 7.88. The van der Waals surface area contributed by atoms with E-state index in [4.69, 9.17) is 5.73 Å². The summed E-state index contributed by atoms with van der Waals surface area (Å²) >= 11 is 2.13. The zero-order valence-corrected chi connectivity index (χ0v) is 11.9. The van der Waals surface area contributed by atoms with Gasteiger partial charge >= 0.3 is 0 Å². The van der Waals surface area contributed by atoms with Gasteiger partial charge in [0, 0.05) is 21.7 Å². The molecular weight excluding hydrogens is 353 g/mol. The van der Waals surface area contributed by atoms with Gasteiger partial charge in [0.05, 0.1) is 11.9 Å². The molecular formula is C10H10IN3O2S. The van der Waals surface area contributed by atoms with E-state index in [9.17, 15) is 8.42 Å². The van der Waals surface area contributed by atoms with Crippen LogP contribution in [0, 0.1) is 3.57 Å². The molecule has 0 aliphatic carbocycles. The highest BCUT2D eigenvalue weighted by molar-refractivity contribution is 14.1. The molecule has 2 N–H and O–H groups in total. The molecule has 1 aromatic carbocycles. The predicted octanol–water partition coefficient (Wildman–Crippen LogP) is 1.46. The number of nitrogen functional groups attached to an aromatic ring is 1. The van der Waals surface area contributed by atoms with Crippen LogP contribution in [0.5, 0.6) is 0 Å². The maximum atomic E-state index is 11.3. The van der Waals surface area contributed by atoms with Crippen LogP contribution >= 0.6 is 22.6 Å². The summed E-state index contributed by atoms with van der Waals surface area (Å²) in [4.78, 5) is 0.199. The first-order valence-electron chi connectivity index (χ1n) is 4.68. The topological polar surface area (TPSA) is 78.0 Å². The number of hydrogen-bond donors (Lipinski definition) is 1. The van der Waals surface area contributed by atoms with Crippen molar-refractivity contribution in [2.75, 3.05) is 12.0 Å². The lowest BCUT2D eigenvalue weighted by Gasteiger charge is -2.04. The van der Waals surface area contributed by atoms with Crippen LogP contribution in [0.3, 0.4) is 0 Å². The van der Waals surface area contributed by atoms with E-state index in [-0.39, 0.29) is 4.90 Å². The molecule has 90 valence electrons. The van der Waals surface area contributed by atoms with Crippen molar-refractivity contribution in [3.8, 4) is 5.69 Å². The number of nitrogens with zero attached hydrogens (tertiary/aromatic N) is 2. The molecule has 0 aliphatic rings. The number of nitrogens with two attached hydrogens (primary N) is 1. The van der Waals surface area contributed by atoms with Crippen LogP contribution in [0.1, 0.15) is 0 Å². The summed E-state index contributed by atoms with van der Waals surface area (Å²) in [6, 6.07) is 5.35. The second-order valence-electron chi connectivity index (χ2n) is 3.60. The molecule has 5 nitrogen and oxygen atoms in total. The number of rotatable bonds is 2. The van der Waals surface area contributed by atoms with E-state index >= 15 is 0 Å². The van der Waals surface area contributed by atoms with E-state index in [1.54, 1.807) is 18.2 Å². The van der Waals surface area contributed by atoms with Gasteiger partial charge in [-0.1, -0.05) is 0 Å². The van der Waals surface area contributed by atoms with Crippen LogP contribution in [0.15, 0.2) is 35.5 Å². The van der Waals surface area contributed by atoms with Crippen LogP contribution in [0.25, 0.3) is 5.69 Å². The van der Waals surface area contributed by atoms with Gasteiger partial charge < -0.3 is 5.73 Å². The fourth-order valence-corrected chi connectivity index (χ4v) is 2.65. The summed E-state index contributed by atoms with van der Waals surface area (Å²) in [6.45, 7) is 0. The summed E-state index contributed by atoms with van der Waals surface area (Å²) in [7, 11) is -3.22. The molecule has 0 aliphatic heterocycles. The van der Waals surface area contributed by atoms with Crippen molar-refractivity contribution in [1.29, 1.82) is 0 Å². The molecule has 0 fully saturated rings. The zero-order valence-electron chi connectivity index (χ0n) is 8.96. The lowest BCUT2D eigenvalue weighted by Crippen LogP contribution is -1.99. The average molecular weight is 363 g/mol. The predicted molar refractivity (Wildman–Crippen MR) is 73.8 cm³/mol. The van der Waals surface area contributed by atoms with E-state index in [0.29, 0.717) is 5.69 Å². The van der Waals surface area contributed by atoms with Gasteiger partial charge in [0.25, 0.3) is 0 Å². The minimum atomic E-state index is -3.22. The molecule has 0 bridgehead atoms. The minimum Gasteiger partial charge on any atom is -0.399 e. The van der Waals surface area contributed by atoms with Gasteiger partial charge in [-0.15, -0.1) is 0 Å². The average Bonchev–Trinajstić information content (AvgIpc) is 2.65. The van der Waals surface area contributed by atoms with Crippen LogP contribution < -0.4 is 5.73 Å². The van der Waals surface area contributed by atoms with E-state index in [0.717, 1.165) is 15.5 Å². The third-order valence-electron chi connectivity index (χ3n) is 2.21. The number of sulfone groups is 1. The van der Waals surface area contributed by atoms with Crippen LogP contribution in [0.2, 0.25) is 0 Å². The molecule has 0 saturated heterocycles. The Kier molecular flexibility index (Phi) is 3.13. The summed E-state index contributed by atoms with van der Waals surface area (Å²) in [5, 5.41) is 4.04. The molecule has 17 heavy (non-hydrogen) atoms. The van der Waals surface area contributed by atoms with Crippen molar-refractivity contribution in [3.63, 3.8) is 0 Å². The maximum absolute atomic E-state index is 11.3. The van der Waals surface area contributed by atoms with Crippen molar-refractivity contribution in [2.45, 2.75) is 4.90 Å². The molecule has 1 heterocycles. The number of halogens is 1. The van der Waals surface area contributed by atoms with Gasteiger partial charge in [-0.2, -0.15) is 5.10 Å². The van der Waals surface area contributed by atoms with Crippen molar-refractivity contribution in [3.05, 3.63) is 34.2 Å². The van der Waals surface area contributed by atoms with E-state index in [1.807, 2.05) is 0 Å². The number of hydrogen-bond acceptors (Lipinski definition) is 4. The summed E-state index contributed by atoms with van der Waals surface area (Å²) < 4.78 is 25.1. The third kappa shape index (κ3) is 2.60. The van der Waals surface area contributed by atoms with Crippen molar-refractivity contribution in [1.82, 2.24) is 9.78 Å². The lowest BCUT2D eigenvalue weighted by atomic mass is 10.3. The lowest BCUT2D eigenvalue weighted by molar-refractivity contribution is 0.602. The molecule has 0 spiro atoms. The monoisotopic (exact) mass is 363 g/mol. The van der Waals surface area contributed by atoms with Gasteiger partial charge in [-0.25, -0.2) is 13.1 Å². The highest BCUT2D eigenvalue weighted by Gasteiger charge is 2.11. The summed E-state index contributed by atoms with van der Waals surface area (Å²) in [5.74, 6) is 0. The molecule has 0 unspecified atom stereocenters. The Balaban J connectivity index is 2.51. The van der Waals surface area contributed by atoms with Gasteiger partial charge in [0.1, 0.15) is 4.90 Å². The van der Waals surface area contributed by atoms with Gasteiger partial charge in [-0.3, -0.25) is 0 Å². The fourth-order valence-electron chi connectivity index (χ4n) is 1.34. The fraction of sp³-hybridized carbons (Fsp3) is 0.100. The van der Waals surface area contributed by atoms with E-state index < -0.39 is 9.84 Å². The largest absolute Gasteiger partial charge is 0.399 e. The smallest absolute Gasteiger partial charge is 0.178 e. The molecule has 2 rings (SSSR count). The molecule has 0 amide bonds. The molecule has 0 atom stereocenters. The molecule has 1 aromatic heterocycles. The normalized spacial score (nSPS) is 11.6. The number of aromatic nitrogens is 2. The number of anilines is 1. The Morgan fingerprint density at radius 3 is 2.65 bits per heavy atom. The minimum absolute atomic E-state index is 0.199. The highest BCUT2D eigenvalue weighted by Crippen LogP contribution is 2.20. The number of benzene rings is 1. The van der Waals surface area contributed by atoms with Gasteiger partial charge in [-0.05, 0) is 40.8 Å². The Bertz CT molecular complexity index is 664. The van der Waals surface area contributed by atoms with E-state index in [1.165, 1.54) is 17.1 Å². The molecule has 0 saturated carbocycles. The van der Waals surface area contributed by atoms with Crippen LogP contribution in [-0.2, 0) is 9.84 Å². The first-order valence-corrected chi connectivity index (χ1v) is 7.65. The Hall–Kier alpha value is -1.09. The maximum Gasteiger partial charge on any atom is 0.178 e. The van der Waals surface area contributed by atoms with Gasteiger partial charge in [0.2, 0.25) is 0 Å². The van der Waals surface area contributed by atoms with Crippen molar-refractivity contribution >= 4 is 38.1 Å². The standard InChI is InChI=1S/C10H10IN3O2S/c1-17(15,16)8-5-13-14(6-8)10-3-2-7(12)4-9(10)11/h2-6H,12H2,1H3. The Labute approximate surface area is 113 Å². The Morgan fingerprint density at radius 1 is 1.41 bits per heavy atom. The molecule has 0 radical (unpaired) electrons. The van der Waals surface area contributed by atoms with Crippen molar-refractivity contribution < 1.29 is 8.42 Å². The van der Waals surface area contributed by atoms with Crippen LogP contribution in [-0.4, -0.2) is 24.5 Å². The molecule has 7 heteroatoms. The van der Waals surface area contributed by atoms with E-state index in [2.05, 4.69) is 27.7 Å². The Morgan fingerprint density at radius 2 is 2.12 bits per heavy atom. The first kappa shape index (κ1) is 12.4. The molecule has 2 aromatic rings. The third-order valence-corrected chi connectivity index (χ3v) is 4.14. The zero-order chi connectivity index (χ0) is 12.6. The summed E-state index contributed by atoms with van der Waals surface area (Å²) in [6.07, 6.45) is 3.98. The van der Waals surface area contributed by atoms with Gasteiger partial charge in [0.15, 0.2) is 9.84 Å².